The zero-order chi connectivity index (χ0) is 19.1. The van der Waals surface area contributed by atoms with Gasteiger partial charge >= 0.3 is 0 Å². The third-order valence-electron chi connectivity index (χ3n) is 5.76. The molecular weight excluding hydrogens is 463 g/mol. The van der Waals surface area contributed by atoms with Gasteiger partial charge in [0.1, 0.15) is 0 Å². The Morgan fingerprint density at radius 3 is 2.75 bits per heavy atom. The van der Waals surface area contributed by atoms with Crippen molar-refractivity contribution < 1.29 is 4.74 Å². The number of hydrogen-bond donors (Lipinski definition) is 2. The number of rotatable bonds is 7. The van der Waals surface area contributed by atoms with Crippen LogP contribution in [-0.4, -0.2) is 62.8 Å². The summed E-state index contributed by atoms with van der Waals surface area (Å²) in [6.07, 6.45) is 5.06. The van der Waals surface area contributed by atoms with Gasteiger partial charge in [0.15, 0.2) is 5.96 Å². The Morgan fingerprint density at radius 2 is 2.04 bits per heavy atom. The monoisotopic (exact) mass is 500 g/mol. The molecule has 2 heterocycles. The Hall–Kier alpha value is -0.860. The molecular formula is C22H37IN4O. The van der Waals surface area contributed by atoms with Gasteiger partial charge in [0.25, 0.3) is 0 Å². The molecule has 28 heavy (non-hydrogen) atoms. The molecule has 2 saturated heterocycles. The zero-order valence-corrected chi connectivity index (χ0v) is 19.9. The van der Waals surface area contributed by atoms with E-state index in [1.165, 1.54) is 30.5 Å². The third-order valence-corrected chi connectivity index (χ3v) is 5.76. The number of benzene rings is 1. The fourth-order valence-corrected chi connectivity index (χ4v) is 4.01. The molecule has 6 heteroatoms. The summed E-state index contributed by atoms with van der Waals surface area (Å²) in [5.41, 5.74) is 2.81. The first-order valence-corrected chi connectivity index (χ1v) is 10.5. The molecule has 0 amide bonds. The maximum Gasteiger partial charge on any atom is 0.191 e. The van der Waals surface area contributed by atoms with Crippen LogP contribution in [0.1, 0.15) is 50.2 Å². The quantitative estimate of drug-likeness (QED) is 0.261. The van der Waals surface area contributed by atoms with E-state index in [0.717, 1.165) is 45.0 Å². The van der Waals surface area contributed by atoms with Crippen LogP contribution in [0.5, 0.6) is 0 Å². The molecule has 0 bridgehead atoms. The number of guanidine groups is 1. The maximum absolute atomic E-state index is 6.01. The van der Waals surface area contributed by atoms with Crippen LogP contribution in [0, 0.1) is 0 Å². The number of aliphatic imine (C=N–C) groups is 1. The van der Waals surface area contributed by atoms with Gasteiger partial charge < -0.3 is 15.4 Å². The predicted molar refractivity (Wildman–Crippen MR) is 128 cm³/mol. The van der Waals surface area contributed by atoms with Crippen LogP contribution < -0.4 is 10.6 Å². The number of nitrogens with one attached hydrogen (secondary N) is 2. The molecule has 1 aromatic carbocycles. The Bertz CT molecular complexity index is 605. The molecule has 2 aliphatic rings. The average molecular weight is 500 g/mol. The molecule has 5 nitrogen and oxygen atoms in total. The van der Waals surface area contributed by atoms with E-state index in [-0.39, 0.29) is 30.1 Å². The molecule has 0 saturated carbocycles. The predicted octanol–water partition coefficient (Wildman–Crippen LogP) is 3.39. The van der Waals surface area contributed by atoms with Crippen LogP contribution in [0.4, 0.5) is 0 Å². The van der Waals surface area contributed by atoms with Crippen molar-refractivity contribution in [3.8, 4) is 0 Å². The lowest BCUT2D eigenvalue weighted by molar-refractivity contribution is -0.0453. The fourth-order valence-electron chi connectivity index (χ4n) is 4.01. The highest BCUT2D eigenvalue weighted by Gasteiger charge is 2.32. The van der Waals surface area contributed by atoms with Crippen LogP contribution in [0.15, 0.2) is 29.3 Å². The number of hydrogen-bond acceptors (Lipinski definition) is 3. The lowest BCUT2D eigenvalue weighted by Gasteiger charge is -2.35. The molecule has 2 fully saturated rings. The summed E-state index contributed by atoms with van der Waals surface area (Å²) in [5, 5.41) is 6.85. The van der Waals surface area contributed by atoms with Crippen LogP contribution in [0.2, 0.25) is 0 Å². The second-order valence-electron chi connectivity index (χ2n) is 8.13. The molecule has 2 unspecified atom stereocenters. The van der Waals surface area contributed by atoms with E-state index >= 15 is 0 Å². The van der Waals surface area contributed by atoms with E-state index in [4.69, 9.17) is 4.74 Å². The highest BCUT2D eigenvalue weighted by molar-refractivity contribution is 14.0. The van der Waals surface area contributed by atoms with E-state index < -0.39 is 0 Å². The minimum atomic E-state index is 0. The summed E-state index contributed by atoms with van der Waals surface area (Å²) in [4.78, 5) is 6.92. The third kappa shape index (κ3) is 6.88. The standard InChI is InChI=1S/C22H36N4O.HI/c1-17(2)19-10-8-18(9-11-19)6-4-12-24-22(23-3)25-14-21-15-26-13-5-7-20(26)16-27-21;/h8-11,17,20-21H,4-7,12-16H2,1-3H3,(H2,23,24,25);1H. The molecule has 158 valence electrons. The van der Waals surface area contributed by atoms with Crippen LogP contribution in [0.25, 0.3) is 0 Å². The second-order valence-corrected chi connectivity index (χ2v) is 8.13. The van der Waals surface area contributed by atoms with Gasteiger partial charge in [-0.15, -0.1) is 24.0 Å². The summed E-state index contributed by atoms with van der Waals surface area (Å²) >= 11 is 0. The molecule has 2 atom stereocenters. The number of nitrogens with zero attached hydrogens (tertiary/aromatic N) is 2. The van der Waals surface area contributed by atoms with Crippen molar-refractivity contribution in [3.05, 3.63) is 35.4 Å². The largest absolute Gasteiger partial charge is 0.373 e. The first-order chi connectivity index (χ1) is 13.2. The number of ether oxygens (including phenoxy) is 1. The second kappa shape index (κ2) is 12.0. The molecule has 0 aliphatic carbocycles. The maximum atomic E-state index is 6.01. The summed E-state index contributed by atoms with van der Waals surface area (Å²) in [6.45, 7) is 9.37. The first-order valence-electron chi connectivity index (χ1n) is 10.5. The van der Waals surface area contributed by atoms with Gasteiger partial charge in [-0.2, -0.15) is 0 Å². The average Bonchev–Trinajstić information content (AvgIpc) is 3.15. The highest BCUT2D eigenvalue weighted by atomic mass is 127. The van der Waals surface area contributed by atoms with Gasteiger partial charge in [-0.05, 0) is 49.3 Å². The lowest BCUT2D eigenvalue weighted by Crippen LogP contribution is -2.51. The Morgan fingerprint density at radius 1 is 1.25 bits per heavy atom. The smallest absolute Gasteiger partial charge is 0.191 e. The van der Waals surface area contributed by atoms with Crippen molar-refractivity contribution >= 4 is 29.9 Å². The normalized spacial score (nSPS) is 22.6. The summed E-state index contributed by atoms with van der Waals surface area (Å²) < 4.78 is 6.01. The van der Waals surface area contributed by atoms with Crippen molar-refractivity contribution in [2.45, 2.75) is 57.6 Å². The van der Waals surface area contributed by atoms with Crippen molar-refractivity contribution in [1.82, 2.24) is 15.5 Å². The Labute approximate surface area is 187 Å². The SMILES string of the molecule is CN=C(NCCCc1ccc(C(C)C)cc1)NCC1CN2CCCC2CO1.I. The van der Waals surface area contributed by atoms with Gasteiger partial charge in [0, 0.05) is 32.7 Å². The number of halogens is 1. The van der Waals surface area contributed by atoms with E-state index in [2.05, 4.69) is 58.6 Å². The molecule has 0 radical (unpaired) electrons. The lowest BCUT2D eigenvalue weighted by atomic mass is 10.0. The van der Waals surface area contributed by atoms with Crippen molar-refractivity contribution in [1.29, 1.82) is 0 Å². The fraction of sp³-hybridized carbons (Fsp3) is 0.682. The molecule has 2 aliphatic heterocycles. The summed E-state index contributed by atoms with van der Waals surface area (Å²) in [5.74, 6) is 1.47. The van der Waals surface area contributed by atoms with Gasteiger partial charge in [-0.3, -0.25) is 9.89 Å². The molecule has 1 aromatic rings. The highest BCUT2D eigenvalue weighted by Crippen LogP contribution is 2.22. The minimum Gasteiger partial charge on any atom is -0.373 e. The first kappa shape index (κ1) is 23.4. The van der Waals surface area contributed by atoms with E-state index in [1.54, 1.807) is 0 Å². The van der Waals surface area contributed by atoms with Crippen LogP contribution in [0.3, 0.4) is 0 Å². The zero-order valence-electron chi connectivity index (χ0n) is 17.6. The van der Waals surface area contributed by atoms with Crippen molar-refractivity contribution in [2.24, 2.45) is 4.99 Å². The van der Waals surface area contributed by atoms with Crippen molar-refractivity contribution in [2.75, 3.05) is 39.8 Å². The number of morpholine rings is 1. The Balaban J connectivity index is 0.00000280. The molecule has 0 spiro atoms. The topological polar surface area (TPSA) is 48.9 Å². The number of aryl methyl sites for hydroxylation is 1. The summed E-state index contributed by atoms with van der Waals surface area (Å²) in [7, 11) is 1.83. The van der Waals surface area contributed by atoms with Crippen molar-refractivity contribution in [3.63, 3.8) is 0 Å². The number of fused-ring (bicyclic) bond motifs is 1. The van der Waals surface area contributed by atoms with Gasteiger partial charge in [0.2, 0.25) is 0 Å². The van der Waals surface area contributed by atoms with E-state index in [9.17, 15) is 0 Å². The minimum absolute atomic E-state index is 0. The van der Waals surface area contributed by atoms with E-state index in [0.29, 0.717) is 12.0 Å². The van der Waals surface area contributed by atoms with Crippen LogP contribution >= 0.6 is 24.0 Å². The molecule has 2 N–H and O–H groups in total. The molecule has 3 rings (SSSR count). The van der Waals surface area contributed by atoms with Crippen LogP contribution in [-0.2, 0) is 11.2 Å². The van der Waals surface area contributed by atoms with Gasteiger partial charge in [-0.1, -0.05) is 38.1 Å². The molecule has 0 aromatic heterocycles. The van der Waals surface area contributed by atoms with Gasteiger partial charge in [0.05, 0.1) is 12.7 Å². The van der Waals surface area contributed by atoms with Gasteiger partial charge in [-0.25, -0.2) is 0 Å². The summed E-state index contributed by atoms with van der Waals surface area (Å²) in [6, 6.07) is 9.68. The Kier molecular flexibility index (Phi) is 10.0. The van der Waals surface area contributed by atoms with E-state index in [1.807, 2.05) is 7.05 Å².